The van der Waals surface area contributed by atoms with E-state index >= 15 is 0 Å². The molecule has 2 aromatic rings. The van der Waals surface area contributed by atoms with Crippen molar-refractivity contribution in [3.8, 4) is 23.2 Å². The highest BCUT2D eigenvalue weighted by atomic mass is 32.3. The summed E-state index contributed by atoms with van der Waals surface area (Å²) in [5.74, 6) is 1.41. The quantitative estimate of drug-likeness (QED) is 0.768. The predicted octanol–water partition coefficient (Wildman–Crippen LogP) is 2.08. The fourth-order valence-corrected chi connectivity index (χ4v) is 2.72. The molecule has 0 aliphatic carbocycles. The van der Waals surface area contributed by atoms with Gasteiger partial charge in [-0.2, -0.15) is 10.4 Å². The summed E-state index contributed by atoms with van der Waals surface area (Å²) in [5.41, 5.74) is 8.23. The van der Waals surface area contributed by atoms with Crippen LogP contribution in [0.5, 0.6) is 5.88 Å². The van der Waals surface area contributed by atoms with Gasteiger partial charge in [0.05, 0.1) is 42.4 Å². The van der Waals surface area contributed by atoms with E-state index in [0.717, 1.165) is 5.75 Å². The van der Waals surface area contributed by atoms with Crippen LogP contribution in [-0.2, 0) is 11.5 Å². The summed E-state index contributed by atoms with van der Waals surface area (Å²) < 4.78 is 12.7. The lowest BCUT2D eigenvalue weighted by atomic mass is 10.1. The maximum atomic E-state index is 9.10. The number of hydrogen-bond donors (Lipinski definition) is 1. The van der Waals surface area contributed by atoms with Crippen LogP contribution in [-0.4, -0.2) is 53.0 Å². The Kier molecular flexibility index (Phi) is 5.70. The molecule has 2 aromatic heterocycles. The van der Waals surface area contributed by atoms with Gasteiger partial charge >= 0.3 is 0 Å². The van der Waals surface area contributed by atoms with Crippen molar-refractivity contribution >= 4 is 15.7 Å². The van der Waals surface area contributed by atoms with E-state index in [-0.39, 0.29) is 6.73 Å². The predicted molar refractivity (Wildman–Crippen MR) is 97.3 cm³/mol. The lowest BCUT2D eigenvalue weighted by molar-refractivity contribution is 0.0821. The monoisotopic (exact) mass is 349 g/mol. The van der Waals surface area contributed by atoms with Gasteiger partial charge in [0.2, 0.25) is 5.88 Å². The van der Waals surface area contributed by atoms with E-state index in [0.29, 0.717) is 35.0 Å². The van der Waals surface area contributed by atoms with E-state index in [9.17, 15) is 0 Å². The van der Waals surface area contributed by atoms with E-state index in [2.05, 4.69) is 34.9 Å². The van der Waals surface area contributed by atoms with Gasteiger partial charge in [-0.25, -0.2) is 19.7 Å². The van der Waals surface area contributed by atoms with Gasteiger partial charge in [-0.05, 0) is 24.8 Å². The first-order chi connectivity index (χ1) is 11.4. The number of pyridine rings is 1. The molecule has 2 rings (SSSR count). The van der Waals surface area contributed by atoms with Gasteiger partial charge in [0, 0.05) is 11.9 Å². The molecule has 0 unspecified atom stereocenters. The Morgan fingerprint density at radius 3 is 2.71 bits per heavy atom. The second-order valence-electron chi connectivity index (χ2n) is 6.17. The molecule has 0 bridgehead atoms. The molecule has 0 amide bonds. The zero-order valence-corrected chi connectivity index (χ0v) is 15.3. The Bertz CT molecular complexity index is 746. The minimum atomic E-state index is -0.601. The van der Waals surface area contributed by atoms with Gasteiger partial charge in [-0.1, -0.05) is 0 Å². The molecule has 0 saturated carbocycles. The molecule has 0 fully saturated rings. The maximum absolute atomic E-state index is 9.10. The number of nitrogens with two attached hydrogens (primary N) is 1. The number of aromatic nitrogens is 3. The Balaban J connectivity index is 2.26. The average Bonchev–Trinajstić information content (AvgIpc) is 2.90. The van der Waals surface area contributed by atoms with Crippen molar-refractivity contribution in [3.63, 3.8) is 0 Å². The van der Waals surface area contributed by atoms with Crippen LogP contribution in [0, 0.1) is 11.3 Å². The highest BCUT2D eigenvalue weighted by molar-refractivity contribution is 8.32. The smallest absolute Gasteiger partial charge is 0.222 e. The van der Waals surface area contributed by atoms with Gasteiger partial charge in [0.15, 0.2) is 0 Å². The van der Waals surface area contributed by atoms with Crippen LogP contribution in [0.2, 0.25) is 0 Å². The number of nitrogens with zero attached hydrogens (tertiary/aromatic N) is 4. The fourth-order valence-electron chi connectivity index (χ4n) is 2.10. The number of hydrogen-bond acceptors (Lipinski definition) is 6. The van der Waals surface area contributed by atoms with Crippen molar-refractivity contribution < 1.29 is 9.47 Å². The molecule has 2 heterocycles. The van der Waals surface area contributed by atoms with Crippen LogP contribution in [0.25, 0.3) is 11.3 Å². The molecule has 7 nitrogen and oxygen atoms in total. The molecule has 24 heavy (non-hydrogen) atoms. The number of nitrogen functional groups attached to an aromatic ring is 1. The normalized spacial score (nSPS) is 12.0. The van der Waals surface area contributed by atoms with Crippen molar-refractivity contribution in [1.82, 2.24) is 14.8 Å². The first-order valence-electron chi connectivity index (χ1n) is 7.35. The molecule has 0 radical (unpaired) electrons. The third-order valence-corrected chi connectivity index (χ3v) is 4.74. The third kappa shape index (κ3) is 4.40. The molecule has 0 saturated heterocycles. The van der Waals surface area contributed by atoms with Crippen LogP contribution >= 0.6 is 10.0 Å². The molecule has 0 aliphatic heterocycles. The Morgan fingerprint density at radius 2 is 2.08 bits per heavy atom. The van der Waals surface area contributed by atoms with Crippen molar-refractivity contribution in [3.05, 3.63) is 24.0 Å². The van der Waals surface area contributed by atoms with E-state index in [1.54, 1.807) is 16.9 Å². The molecule has 0 atom stereocenters. The first-order valence-corrected chi connectivity index (χ1v) is 10.4. The largest absolute Gasteiger partial charge is 0.481 e. The minimum Gasteiger partial charge on any atom is -0.481 e. The fraction of sp³-hybridized carbons (Fsp3) is 0.438. The molecular formula is C16H23N5O2S. The summed E-state index contributed by atoms with van der Waals surface area (Å²) in [5, 5.41) is 13.4. The zero-order valence-electron chi connectivity index (χ0n) is 14.4. The molecule has 130 valence electrons. The number of methoxy groups -OCH3 is 1. The molecular weight excluding hydrogens is 326 g/mol. The van der Waals surface area contributed by atoms with Crippen molar-refractivity contribution in [2.45, 2.75) is 6.73 Å². The van der Waals surface area contributed by atoms with Gasteiger partial charge in [0.25, 0.3) is 0 Å². The molecule has 2 N–H and O–H groups in total. The number of nitriles is 1. The number of anilines is 1. The number of rotatable bonds is 7. The Labute approximate surface area is 143 Å². The van der Waals surface area contributed by atoms with E-state index < -0.39 is 10.0 Å². The highest BCUT2D eigenvalue weighted by Crippen LogP contribution is 2.34. The van der Waals surface area contributed by atoms with Crippen LogP contribution in [0.3, 0.4) is 0 Å². The van der Waals surface area contributed by atoms with Gasteiger partial charge in [-0.3, -0.25) is 0 Å². The van der Waals surface area contributed by atoms with Gasteiger partial charge < -0.3 is 15.2 Å². The van der Waals surface area contributed by atoms with Crippen LogP contribution in [0.4, 0.5) is 5.69 Å². The number of ether oxygens (including phenoxy) is 2. The molecule has 0 aromatic carbocycles. The van der Waals surface area contributed by atoms with Crippen LogP contribution < -0.4 is 10.5 Å². The SMILES string of the molecule is COc1ncc(C#N)cc1-c1c(N)cnn1COCCS(C)(C)C. The van der Waals surface area contributed by atoms with E-state index in [1.807, 2.05) is 0 Å². The standard InChI is InChI=1S/C16H23N5O2S/c1-22-16-13(7-12(8-17)9-19-16)15-14(18)10-20-21(15)11-23-5-6-24(2,3)4/h7,9-10H,5-6,11,18H2,1-4H3. The highest BCUT2D eigenvalue weighted by Gasteiger charge is 2.17. The van der Waals surface area contributed by atoms with Crippen LogP contribution in [0.15, 0.2) is 18.5 Å². The molecule has 0 aliphatic rings. The maximum Gasteiger partial charge on any atom is 0.222 e. The average molecular weight is 349 g/mol. The second kappa shape index (κ2) is 7.55. The van der Waals surface area contributed by atoms with E-state index in [1.165, 1.54) is 13.3 Å². The molecule has 0 spiro atoms. The topological polar surface area (TPSA) is 99.0 Å². The summed E-state index contributed by atoms with van der Waals surface area (Å²) in [6, 6.07) is 3.76. The van der Waals surface area contributed by atoms with Crippen molar-refractivity contribution in [2.24, 2.45) is 0 Å². The zero-order chi connectivity index (χ0) is 17.7. The third-order valence-electron chi connectivity index (χ3n) is 3.35. The lowest BCUT2D eigenvalue weighted by Gasteiger charge is -2.24. The second-order valence-corrected chi connectivity index (χ2v) is 10.8. The first kappa shape index (κ1) is 18.1. The summed E-state index contributed by atoms with van der Waals surface area (Å²) in [6.45, 7) is 0.938. The van der Waals surface area contributed by atoms with Crippen molar-refractivity contribution in [2.75, 3.05) is 44.0 Å². The van der Waals surface area contributed by atoms with E-state index in [4.69, 9.17) is 20.5 Å². The van der Waals surface area contributed by atoms with Crippen LogP contribution in [0.1, 0.15) is 5.56 Å². The van der Waals surface area contributed by atoms with Gasteiger partial charge in [-0.15, -0.1) is 0 Å². The minimum absolute atomic E-state index is 0.280. The molecule has 8 heteroatoms. The Hall–Kier alpha value is -2.24. The summed E-state index contributed by atoms with van der Waals surface area (Å²) >= 11 is 0. The van der Waals surface area contributed by atoms with Crippen molar-refractivity contribution in [1.29, 1.82) is 5.26 Å². The van der Waals surface area contributed by atoms with Gasteiger partial charge in [0.1, 0.15) is 12.8 Å². The Morgan fingerprint density at radius 1 is 1.33 bits per heavy atom. The lowest BCUT2D eigenvalue weighted by Crippen LogP contribution is -2.12. The summed E-state index contributed by atoms with van der Waals surface area (Å²) in [7, 11) is 0.924. The summed E-state index contributed by atoms with van der Waals surface area (Å²) in [4.78, 5) is 4.16. The summed E-state index contributed by atoms with van der Waals surface area (Å²) in [6.07, 6.45) is 9.76.